The molecule has 1 atom stereocenters. The zero-order valence-corrected chi connectivity index (χ0v) is 16.5. The van der Waals surface area contributed by atoms with Crippen LogP contribution >= 0.6 is 0 Å². The van der Waals surface area contributed by atoms with Gasteiger partial charge in [-0.1, -0.05) is 12.1 Å². The topological polar surface area (TPSA) is 65.6 Å². The summed E-state index contributed by atoms with van der Waals surface area (Å²) in [5.74, 6) is -0.891. The molecule has 2 aliphatic rings. The van der Waals surface area contributed by atoms with Gasteiger partial charge in [0, 0.05) is 36.3 Å². The highest BCUT2D eigenvalue weighted by Gasteiger charge is 2.37. The van der Waals surface area contributed by atoms with E-state index in [0.29, 0.717) is 32.2 Å². The van der Waals surface area contributed by atoms with Crippen LogP contribution in [0.2, 0.25) is 0 Å². The Bertz CT molecular complexity index is 1020. The molecule has 2 amide bonds. The van der Waals surface area contributed by atoms with Crippen molar-refractivity contribution in [3.63, 3.8) is 0 Å². The average Bonchev–Trinajstić information content (AvgIpc) is 3.17. The third-order valence-electron chi connectivity index (χ3n) is 5.66. The smallest absolute Gasteiger partial charge is 0.370 e. The Morgan fingerprint density at radius 1 is 1.13 bits per heavy atom. The van der Waals surface area contributed by atoms with Gasteiger partial charge in [0.25, 0.3) is 0 Å². The summed E-state index contributed by atoms with van der Waals surface area (Å²) < 4.78 is 57.3. The number of likely N-dealkylation sites (tertiary alicyclic amines) is 2. The zero-order valence-electron chi connectivity index (χ0n) is 16.5. The Labute approximate surface area is 175 Å². The second kappa shape index (κ2) is 8.33. The van der Waals surface area contributed by atoms with Crippen LogP contribution in [0.5, 0.6) is 0 Å². The summed E-state index contributed by atoms with van der Waals surface area (Å²) in [6, 6.07) is 7.20. The Morgan fingerprint density at radius 3 is 2.58 bits per heavy atom. The van der Waals surface area contributed by atoms with E-state index in [4.69, 9.17) is 4.74 Å². The molecule has 1 aromatic carbocycles. The number of carbonyl (C=O) groups excluding carboxylic acids is 1. The molecular weight excluding hydrogens is 418 g/mol. The number of H-pyrrole nitrogens is 1. The molecule has 2 aliphatic heterocycles. The van der Waals surface area contributed by atoms with E-state index >= 15 is 0 Å². The van der Waals surface area contributed by atoms with Crippen LogP contribution in [0, 0.1) is 5.82 Å². The SMILES string of the molecule is O=C(N1CC(OCc2ccc(C(F)(F)F)cc2F)C1)N1CCC(c2cccc(=O)[nH]2)C1. The first kappa shape index (κ1) is 21.4. The number of benzene rings is 1. The van der Waals surface area contributed by atoms with Crippen LogP contribution in [0.3, 0.4) is 0 Å². The molecule has 0 bridgehead atoms. The highest BCUT2D eigenvalue weighted by molar-refractivity contribution is 5.76. The van der Waals surface area contributed by atoms with E-state index in [0.717, 1.165) is 24.2 Å². The van der Waals surface area contributed by atoms with E-state index in [1.54, 1.807) is 15.9 Å². The lowest BCUT2D eigenvalue weighted by atomic mass is 10.0. The van der Waals surface area contributed by atoms with Gasteiger partial charge >= 0.3 is 12.2 Å². The van der Waals surface area contributed by atoms with E-state index in [-0.39, 0.29) is 35.8 Å². The van der Waals surface area contributed by atoms with Gasteiger partial charge in [0.15, 0.2) is 0 Å². The fourth-order valence-corrected chi connectivity index (χ4v) is 3.84. The molecule has 1 aromatic heterocycles. The van der Waals surface area contributed by atoms with E-state index in [1.807, 2.05) is 6.07 Å². The number of aromatic amines is 1. The van der Waals surface area contributed by atoms with Crippen molar-refractivity contribution in [1.29, 1.82) is 0 Å². The average molecular weight is 439 g/mol. The molecule has 0 spiro atoms. The molecule has 2 fully saturated rings. The van der Waals surface area contributed by atoms with E-state index in [2.05, 4.69) is 4.98 Å². The molecule has 1 unspecified atom stereocenters. The number of carbonyl (C=O) groups is 1. The number of hydrogen-bond acceptors (Lipinski definition) is 3. The first-order valence-electron chi connectivity index (χ1n) is 9.91. The number of hydrogen-bond donors (Lipinski definition) is 1. The molecule has 31 heavy (non-hydrogen) atoms. The summed E-state index contributed by atoms with van der Waals surface area (Å²) in [6.45, 7) is 1.61. The summed E-state index contributed by atoms with van der Waals surface area (Å²) in [5.41, 5.74) is -0.365. The molecule has 0 saturated carbocycles. The number of nitrogens with zero attached hydrogens (tertiary/aromatic N) is 2. The van der Waals surface area contributed by atoms with E-state index in [9.17, 15) is 27.2 Å². The number of rotatable bonds is 4. The van der Waals surface area contributed by atoms with Gasteiger partial charge in [0.1, 0.15) is 5.82 Å². The third-order valence-corrected chi connectivity index (χ3v) is 5.66. The summed E-state index contributed by atoms with van der Waals surface area (Å²) in [5, 5.41) is 0. The Kier molecular flexibility index (Phi) is 5.74. The van der Waals surface area contributed by atoms with Crippen LogP contribution in [-0.4, -0.2) is 53.1 Å². The highest BCUT2D eigenvalue weighted by atomic mass is 19.4. The predicted molar refractivity (Wildman–Crippen MR) is 103 cm³/mol. The standard InChI is InChI=1S/C21H21F4N3O3/c22-17-8-15(21(23,24)25)5-4-14(17)12-31-16-10-28(11-16)20(30)27-7-6-13(9-27)18-2-1-3-19(29)26-18/h1-5,8,13,16H,6-7,9-12H2,(H,26,29). The molecule has 0 aliphatic carbocycles. The summed E-state index contributed by atoms with van der Waals surface area (Å²) in [6.07, 6.45) is -4.14. The second-order valence-corrected chi connectivity index (χ2v) is 7.83. The molecule has 2 aromatic rings. The van der Waals surface area contributed by atoms with Crippen LogP contribution < -0.4 is 5.56 Å². The fraction of sp³-hybridized carbons (Fsp3) is 0.429. The molecule has 10 heteroatoms. The van der Waals surface area contributed by atoms with Crippen molar-refractivity contribution < 1.29 is 27.1 Å². The number of alkyl halides is 3. The number of pyridine rings is 1. The number of nitrogens with one attached hydrogen (secondary N) is 1. The Morgan fingerprint density at radius 2 is 1.90 bits per heavy atom. The lowest BCUT2D eigenvalue weighted by Gasteiger charge is -2.40. The number of ether oxygens (including phenoxy) is 1. The first-order chi connectivity index (χ1) is 14.7. The van der Waals surface area contributed by atoms with Gasteiger partial charge in [-0.3, -0.25) is 4.79 Å². The lowest BCUT2D eigenvalue weighted by molar-refractivity contribution is -0.137. The zero-order chi connectivity index (χ0) is 22.2. The molecule has 3 heterocycles. The minimum atomic E-state index is -4.60. The summed E-state index contributed by atoms with van der Waals surface area (Å²) in [7, 11) is 0. The van der Waals surface area contributed by atoms with Crippen LogP contribution in [0.25, 0.3) is 0 Å². The van der Waals surface area contributed by atoms with Crippen LogP contribution in [-0.2, 0) is 17.5 Å². The molecular formula is C21H21F4N3O3. The monoisotopic (exact) mass is 439 g/mol. The van der Waals surface area contributed by atoms with Crippen molar-refractivity contribution >= 4 is 6.03 Å². The van der Waals surface area contributed by atoms with Crippen molar-refractivity contribution in [1.82, 2.24) is 14.8 Å². The van der Waals surface area contributed by atoms with Crippen molar-refractivity contribution in [2.24, 2.45) is 0 Å². The molecule has 166 valence electrons. The maximum Gasteiger partial charge on any atom is 0.416 e. The summed E-state index contributed by atoms with van der Waals surface area (Å²) in [4.78, 5) is 30.3. The van der Waals surface area contributed by atoms with Gasteiger partial charge in [-0.25, -0.2) is 9.18 Å². The fourth-order valence-electron chi connectivity index (χ4n) is 3.84. The Hall–Kier alpha value is -2.88. The van der Waals surface area contributed by atoms with Gasteiger partial charge in [-0.05, 0) is 24.6 Å². The Balaban J connectivity index is 1.24. The predicted octanol–water partition coefficient (Wildman–Crippen LogP) is 3.34. The minimum Gasteiger partial charge on any atom is -0.370 e. The van der Waals surface area contributed by atoms with Gasteiger partial charge in [0.2, 0.25) is 5.56 Å². The largest absolute Gasteiger partial charge is 0.416 e. The van der Waals surface area contributed by atoms with Crippen LogP contribution in [0.4, 0.5) is 22.4 Å². The molecule has 1 N–H and O–H groups in total. The lowest BCUT2D eigenvalue weighted by Crippen LogP contribution is -2.58. The third kappa shape index (κ3) is 4.73. The van der Waals surface area contributed by atoms with Gasteiger partial charge in [-0.15, -0.1) is 0 Å². The molecule has 2 saturated heterocycles. The van der Waals surface area contributed by atoms with Gasteiger partial charge in [-0.2, -0.15) is 13.2 Å². The van der Waals surface area contributed by atoms with Crippen molar-refractivity contribution in [3.8, 4) is 0 Å². The molecule has 4 rings (SSSR count). The molecule has 0 radical (unpaired) electrons. The van der Waals surface area contributed by atoms with Crippen LogP contribution in [0.15, 0.2) is 41.2 Å². The normalized spacial score (nSPS) is 19.5. The van der Waals surface area contributed by atoms with Crippen LogP contribution in [0.1, 0.15) is 29.2 Å². The number of urea groups is 1. The minimum absolute atomic E-state index is 0.0389. The second-order valence-electron chi connectivity index (χ2n) is 7.83. The molecule has 6 nitrogen and oxygen atoms in total. The number of aromatic nitrogens is 1. The van der Waals surface area contributed by atoms with Gasteiger partial charge < -0.3 is 19.5 Å². The quantitative estimate of drug-likeness (QED) is 0.744. The first-order valence-corrected chi connectivity index (χ1v) is 9.91. The maximum atomic E-state index is 13.9. The number of halogens is 4. The van der Waals surface area contributed by atoms with Gasteiger partial charge in [0.05, 0.1) is 31.4 Å². The van der Waals surface area contributed by atoms with E-state index < -0.39 is 17.6 Å². The van der Waals surface area contributed by atoms with E-state index in [1.165, 1.54) is 6.07 Å². The summed E-state index contributed by atoms with van der Waals surface area (Å²) >= 11 is 0. The maximum absolute atomic E-state index is 13.9. The number of amides is 2. The van der Waals surface area contributed by atoms with Crippen molar-refractivity contribution in [2.75, 3.05) is 26.2 Å². The van der Waals surface area contributed by atoms with Crippen molar-refractivity contribution in [3.05, 3.63) is 69.4 Å². The highest BCUT2D eigenvalue weighted by Crippen LogP contribution is 2.31. The van der Waals surface area contributed by atoms with Crippen molar-refractivity contribution in [2.45, 2.75) is 31.2 Å².